The Balaban J connectivity index is 1.50. The molecule has 0 unspecified atom stereocenters. The molecule has 0 atom stereocenters. The van der Waals surface area contributed by atoms with E-state index in [1.807, 2.05) is 0 Å². The van der Waals surface area contributed by atoms with Gasteiger partial charge in [0.15, 0.2) is 10.8 Å². The molecule has 156 valence electrons. The second-order valence-electron chi connectivity index (χ2n) is 6.37. The Labute approximate surface area is 167 Å². The van der Waals surface area contributed by atoms with Gasteiger partial charge in [0.1, 0.15) is 6.54 Å². The van der Waals surface area contributed by atoms with Crippen LogP contribution < -0.4 is 10.6 Å². The van der Waals surface area contributed by atoms with Crippen LogP contribution in [0.15, 0.2) is 34.3 Å². The van der Waals surface area contributed by atoms with Gasteiger partial charge in [0.05, 0.1) is 19.8 Å². The Morgan fingerprint density at radius 3 is 2.69 bits per heavy atom. The van der Waals surface area contributed by atoms with Gasteiger partial charge < -0.3 is 9.64 Å². The predicted octanol–water partition coefficient (Wildman–Crippen LogP) is 1.28. The summed E-state index contributed by atoms with van der Waals surface area (Å²) in [4.78, 5) is 14.0. The first-order valence-corrected chi connectivity index (χ1v) is 9.90. The fourth-order valence-corrected chi connectivity index (χ4v) is 3.89. The van der Waals surface area contributed by atoms with Gasteiger partial charge in [-0.1, -0.05) is 17.8 Å². The molecule has 0 N–H and O–H groups in total. The van der Waals surface area contributed by atoms with Gasteiger partial charge in [0, 0.05) is 25.0 Å². The maximum Gasteiger partial charge on any atom is 0.406 e. The number of nitrogens with zero attached hydrogens (tertiary/aromatic N) is 7. The molecule has 0 spiro atoms. The minimum absolute atomic E-state index is 0.153. The molecule has 29 heavy (non-hydrogen) atoms. The molecule has 0 aliphatic carbocycles. The van der Waals surface area contributed by atoms with Crippen LogP contribution in [-0.4, -0.2) is 67.2 Å². The van der Waals surface area contributed by atoms with E-state index in [4.69, 9.17) is 4.74 Å². The quantitative estimate of drug-likeness (QED) is 0.546. The number of anilines is 1. The molecule has 9 nitrogen and oxygen atoms in total. The van der Waals surface area contributed by atoms with Crippen LogP contribution in [0.4, 0.5) is 19.1 Å². The van der Waals surface area contributed by atoms with Gasteiger partial charge >= 0.3 is 11.9 Å². The highest BCUT2D eigenvalue weighted by Crippen LogP contribution is 2.27. The van der Waals surface area contributed by atoms with E-state index in [1.165, 1.54) is 9.08 Å². The molecule has 1 aliphatic heterocycles. The molecule has 1 fully saturated rings. The first-order valence-electron chi connectivity index (χ1n) is 8.92. The van der Waals surface area contributed by atoms with Crippen LogP contribution in [0.3, 0.4) is 0 Å². The van der Waals surface area contributed by atoms with Crippen molar-refractivity contribution in [2.24, 2.45) is 0 Å². The molecule has 0 amide bonds. The van der Waals surface area contributed by atoms with Crippen LogP contribution in [0.5, 0.6) is 0 Å². The molecule has 0 radical (unpaired) electrons. The lowest BCUT2D eigenvalue weighted by Gasteiger charge is -2.28. The average Bonchev–Trinajstić information content (AvgIpc) is 3.23. The van der Waals surface area contributed by atoms with Gasteiger partial charge in [-0.25, -0.2) is 9.48 Å². The minimum Gasteiger partial charge on any atom is -0.378 e. The average molecular weight is 429 g/mol. The van der Waals surface area contributed by atoms with Crippen molar-refractivity contribution in [2.45, 2.75) is 24.4 Å². The van der Waals surface area contributed by atoms with E-state index in [2.05, 4.69) is 15.3 Å². The standard InChI is InChI=1S/C16H18F3N7O2S/c17-16(18,19)11-25-13(23-5-8-28-9-6-23)20-21-14(25)29-10-7-26-15(27)24-4-2-1-3-12(24)22-26/h1-4H,5-11H2. The molecule has 0 aromatic carbocycles. The molecule has 0 saturated carbocycles. The van der Waals surface area contributed by atoms with Crippen molar-refractivity contribution in [1.82, 2.24) is 28.9 Å². The number of rotatable bonds is 6. The highest BCUT2D eigenvalue weighted by molar-refractivity contribution is 7.99. The Morgan fingerprint density at radius 1 is 1.17 bits per heavy atom. The molecule has 13 heteroatoms. The first-order chi connectivity index (χ1) is 13.9. The summed E-state index contributed by atoms with van der Waals surface area (Å²) in [6.45, 7) is 0.825. The van der Waals surface area contributed by atoms with E-state index in [0.717, 1.165) is 16.3 Å². The second-order valence-corrected chi connectivity index (χ2v) is 7.43. The summed E-state index contributed by atoms with van der Waals surface area (Å²) in [5.41, 5.74) is 0.212. The third-order valence-corrected chi connectivity index (χ3v) is 5.30. The van der Waals surface area contributed by atoms with E-state index in [-0.39, 0.29) is 23.3 Å². The molecule has 3 aromatic rings. The first kappa shape index (κ1) is 19.8. The maximum atomic E-state index is 13.1. The number of fused-ring (bicyclic) bond motifs is 1. The lowest BCUT2D eigenvalue weighted by molar-refractivity contribution is -0.141. The summed E-state index contributed by atoms with van der Waals surface area (Å²) in [7, 11) is 0. The van der Waals surface area contributed by atoms with E-state index >= 15 is 0 Å². The minimum atomic E-state index is -4.41. The topological polar surface area (TPSA) is 82.5 Å². The summed E-state index contributed by atoms with van der Waals surface area (Å²) in [6, 6.07) is 5.20. The smallest absolute Gasteiger partial charge is 0.378 e. The van der Waals surface area contributed by atoms with Crippen molar-refractivity contribution >= 4 is 23.4 Å². The number of alkyl halides is 3. The number of pyridine rings is 1. The molecule has 4 rings (SSSR count). The summed E-state index contributed by atoms with van der Waals surface area (Å²) >= 11 is 1.11. The Kier molecular flexibility index (Phi) is 5.50. The Morgan fingerprint density at radius 2 is 1.97 bits per heavy atom. The van der Waals surface area contributed by atoms with Gasteiger partial charge in [-0.3, -0.25) is 8.97 Å². The monoisotopic (exact) mass is 429 g/mol. The van der Waals surface area contributed by atoms with Gasteiger partial charge in [-0.05, 0) is 12.1 Å². The van der Waals surface area contributed by atoms with Crippen LogP contribution in [0.1, 0.15) is 0 Å². The SMILES string of the molecule is O=c1n(CCSc2nnc(N3CCOCC3)n2CC(F)(F)F)nc2ccccn12. The largest absolute Gasteiger partial charge is 0.406 e. The normalized spacial score (nSPS) is 15.3. The second kappa shape index (κ2) is 8.06. The van der Waals surface area contributed by atoms with E-state index in [1.54, 1.807) is 29.3 Å². The predicted molar refractivity (Wildman–Crippen MR) is 99.3 cm³/mol. The number of thioether (sulfide) groups is 1. The molecule has 1 aliphatic rings. The lowest BCUT2D eigenvalue weighted by Crippen LogP contribution is -2.38. The fourth-order valence-electron chi connectivity index (χ4n) is 3.04. The van der Waals surface area contributed by atoms with E-state index in [9.17, 15) is 18.0 Å². The number of hydrogen-bond donors (Lipinski definition) is 0. The maximum absolute atomic E-state index is 13.1. The highest BCUT2D eigenvalue weighted by atomic mass is 32.2. The lowest BCUT2D eigenvalue weighted by atomic mass is 10.4. The molecule has 1 saturated heterocycles. The van der Waals surface area contributed by atoms with E-state index in [0.29, 0.717) is 37.7 Å². The van der Waals surface area contributed by atoms with Crippen LogP contribution in [-0.2, 0) is 17.8 Å². The summed E-state index contributed by atoms with van der Waals surface area (Å²) < 4.78 is 48.4. The van der Waals surface area contributed by atoms with E-state index < -0.39 is 12.7 Å². The fraction of sp³-hybridized carbons (Fsp3) is 0.500. The van der Waals surface area contributed by atoms with Gasteiger partial charge in [-0.15, -0.1) is 15.3 Å². The highest BCUT2D eigenvalue weighted by Gasteiger charge is 2.32. The molecule has 3 aromatic heterocycles. The number of halogens is 3. The van der Waals surface area contributed by atoms with Crippen LogP contribution in [0.2, 0.25) is 0 Å². The van der Waals surface area contributed by atoms with Gasteiger partial charge in [0.25, 0.3) is 0 Å². The zero-order valence-electron chi connectivity index (χ0n) is 15.2. The van der Waals surface area contributed by atoms with Crippen LogP contribution in [0, 0.1) is 0 Å². The van der Waals surface area contributed by atoms with Gasteiger partial charge in [-0.2, -0.15) is 13.2 Å². The molecule has 4 heterocycles. The van der Waals surface area contributed by atoms with Crippen LogP contribution in [0.25, 0.3) is 5.65 Å². The third-order valence-electron chi connectivity index (χ3n) is 4.35. The summed E-state index contributed by atoms with van der Waals surface area (Å²) in [5, 5.41) is 12.3. The van der Waals surface area contributed by atoms with Crippen molar-refractivity contribution in [1.29, 1.82) is 0 Å². The Bertz CT molecular complexity index is 1040. The summed E-state index contributed by atoms with van der Waals surface area (Å²) in [6.07, 6.45) is -2.79. The van der Waals surface area contributed by atoms with Gasteiger partial charge in [0.2, 0.25) is 5.95 Å². The molecule has 0 bridgehead atoms. The van der Waals surface area contributed by atoms with Crippen LogP contribution >= 0.6 is 11.8 Å². The van der Waals surface area contributed by atoms with Crippen molar-refractivity contribution in [2.75, 3.05) is 37.0 Å². The van der Waals surface area contributed by atoms with Crippen molar-refractivity contribution in [3.63, 3.8) is 0 Å². The zero-order valence-corrected chi connectivity index (χ0v) is 16.1. The molecular formula is C16H18F3N7O2S. The zero-order chi connectivity index (χ0) is 20.4. The number of ether oxygens (including phenoxy) is 1. The number of hydrogen-bond acceptors (Lipinski definition) is 7. The number of morpholine rings is 1. The van der Waals surface area contributed by atoms with Crippen molar-refractivity contribution in [3.05, 3.63) is 34.9 Å². The number of aryl methyl sites for hydroxylation is 1. The Hall–Kier alpha value is -2.54. The summed E-state index contributed by atoms with van der Waals surface area (Å²) in [5.74, 6) is 0.501. The van der Waals surface area contributed by atoms with Crippen molar-refractivity contribution in [3.8, 4) is 0 Å². The molecular weight excluding hydrogens is 411 g/mol. The number of aromatic nitrogens is 6. The van der Waals surface area contributed by atoms with Crippen molar-refractivity contribution < 1.29 is 17.9 Å². The third kappa shape index (κ3) is 4.40.